The molecule has 2 aromatic rings. The first-order valence-electron chi connectivity index (χ1n) is 8.69. The third kappa shape index (κ3) is 6.36. The number of methoxy groups -OCH3 is 1. The van der Waals surface area contributed by atoms with E-state index in [1.54, 1.807) is 7.11 Å². The topological polar surface area (TPSA) is 43.7 Å². The summed E-state index contributed by atoms with van der Waals surface area (Å²) >= 11 is 0. The van der Waals surface area contributed by atoms with Crippen LogP contribution in [0.1, 0.15) is 23.7 Å². The first-order chi connectivity index (χ1) is 12.1. The molecule has 0 amide bonds. The number of hydrogen-bond donors (Lipinski definition) is 0. The number of ether oxygens (including phenoxy) is 2. The summed E-state index contributed by atoms with van der Waals surface area (Å²) in [6, 6.07) is 12.7. The van der Waals surface area contributed by atoms with Gasteiger partial charge in [-0.15, -0.1) is 0 Å². The lowest BCUT2D eigenvalue weighted by molar-refractivity contribution is -0.144. The number of aryl methyl sites for hydroxylation is 1. The molecular weight excluding hydrogens is 316 g/mol. The highest BCUT2D eigenvalue weighted by atomic mass is 16.5. The third-order valence-corrected chi connectivity index (χ3v) is 4.01. The van der Waals surface area contributed by atoms with Crippen LogP contribution in [0.3, 0.4) is 0 Å². The molecule has 0 atom stereocenters. The van der Waals surface area contributed by atoms with Gasteiger partial charge in [-0.3, -0.25) is 9.69 Å². The molecule has 25 heavy (non-hydrogen) atoms. The highest BCUT2D eigenvalue weighted by Crippen LogP contribution is 2.12. The van der Waals surface area contributed by atoms with Crippen LogP contribution >= 0.6 is 0 Å². The molecule has 0 unspecified atom stereocenters. The van der Waals surface area contributed by atoms with E-state index < -0.39 is 0 Å². The molecule has 0 bridgehead atoms. The SMILES string of the molecule is CCOC(=O)CN(CCOC)Cc1cccn1Cc1cccc(C)c1. The quantitative estimate of drug-likeness (QED) is 0.622. The van der Waals surface area contributed by atoms with E-state index >= 15 is 0 Å². The number of hydrogen-bond acceptors (Lipinski definition) is 4. The molecule has 5 heteroatoms. The maximum atomic E-state index is 11.8. The third-order valence-electron chi connectivity index (χ3n) is 4.01. The number of benzene rings is 1. The van der Waals surface area contributed by atoms with E-state index in [4.69, 9.17) is 9.47 Å². The molecule has 0 fully saturated rings. The Kier molecular flexibility index (Phi) is 7.70. The van der Waals surface area contributed by atoms with Gasteiger partial charge in [0.1, 0.15) is 0 Å². The Morgan fingerprint density at radius 1 is 1.24 bits per heavy atom. The van der Waals surface area contributed by atoms with Crippen molar-refractivity contribution in [1.29, 1.82) is 0 Å². The molecule has 0 spiro atoms. The summed E-state index contributed by atoms with van der Waals surface area (Å²) in [6.07, 6.45) is 2.08. The van der Waals surface area contributed by atoms with Crippen molar-refractivity contribution in [3.8, 4) is 0 Å². The molecule has 1 aromatic carbocycles. The molecule has 0 saturated carbocycles. The van der Waals surface area contributed by atoms with Gasteiger partial charge >= 0.3 is 5.97 Å². The summed E-state index contributed by atoms with van der Waals surface area (Å²) in [5, 5.41) is 0. The second-order valence-corrected chi connectivity index (χ2v) is 6.12. The minimum Gasteiger partial charge on any atom is -0.465 e. The van der Waals surface area contributed by atoms with Crippen molar-refractivity contribution in [2.45, 2.75) is 26.9 Å². The smallest absolute Gasteiger partial charge is 0.320 e. The van der Waals surface area contributed by atoms with Gasteiger partial charge in [0.25, 0.3) is 0 Å². The number of rotatable bonds is 10. The normalized spacial score (nSPS) is 11.0. The van der Waals surface area contributed by atoms with Crippen LogP contribution in [-0.4, -0.2) is 48.8 Å². The molecule has 0 radical (unpaired) electrons. The minimum atomic E-state index is -0.199. The molecule has 1 aromatic heterocycles. The summed E-state index contributed by atoms with van der Waals surface area (Å²) in [7, 11) is 1.67. The number of aromatic nitrogens is 1. The second-order valence-electron chi connectivity index (χ2n) is 6.12. The lowest BCUT2D eigenvalue weighted by Gasteiger charge is -2.22. The van der Waals surface area contributed by atoms with Gasteiger partial charge in [0.05, 0.1) is 19.8 Å². The molecule has 2 rings (SSSR count). The minimum absolute atomic E-state index is 0.199. The summed E-state index contributed by atoms with van der Waals surface area (Å²) in [5.74, 6) is -0.199. The van der Waals surface area contributed by atoms with Crippen molar-refractivity contribution in [1.82, 2.24) is 9.47 Å². The summed E-state index contributed by atoms with van der Waals surface area (Å²) in [6.45, 7) is 7.37. The molecule has 5 nitrogen and oxygen atoms in total. The summed E-state index contributed by atoms with van der Waals surface area (Å²) in [5.41, 5.74) is 3.70. The predicted molar refractivity (Wildman–Crippen MR) is 98.5 cm³/mol. The first kappa shape index (κ1) is 19.2. The van der Waals surface area contributed by atoms with Crippen molar-refractivity contribution >= 4 is 5.97 Å². The highest BCUT2D eigenvalue weighted by Gasteiger charge is 2.14. The van der Waals surface area contributed by atoms with Gasteiger partial charge in [-0.2, -0.15) is 0 Å². The predicted octanol–water partition coefficient (Wildman–Crippen LogP) is 2.86. The van der Waals surface area contributed by atoms with E-state index in [9.17, 15) is 4.79 Å². The van der Waals surface area contributed by atoms with Crippen molar-refractivity contribution in [2.24, 2.45) is 0 Å². The van der Waals surface area contributed by atoms with Crippen molar-refractivity contribution in [2.75, 3.05) is 33.4 Å². The van der Waals surface area contributed by atoms with Gasteiger partial charge in [-0.05, 0) is 31.5 Å². The molecule has 1 heterocycles. The fraction of sp³-hybridized carbons (Fsp3) is 0.450. The molecule has 136 valence electrons. The zero-order chi connectivity index (χ0) is 18.1. The molecule has 0 saturated heterocycles. The first-order valence-corrected chi connectivity index (χ1v) is 8.69. The van der Waals surface area contributed by atoms with Crippen LogP contribution in [0.4, 0.5) is 0 Å². The number of carbonyl (C=O) groups is 1. The van der Waals surface area contributed by atoms with E-state index in [1.165, 1.54) is 16.8 Å². The summed E-state index contributed by atoms with van der Waals surface area (Å²) < 4.78 is 12.5. The molecule has 0 aliphatic rings. The standard InChI is InChI=1S/C20H28N2O3/c1-4-25-20(23)16-21(11-12-24-3)15-19-9-6-10-22(19)14-18-8-5-7-17(2)13-18/h5-10,13H,4,11-12,14-16H2,1-3H3. The fourth-order valence-corrected chi connectivity index (χ4v) is 2.81. The Labute approximate surface area is 150 Å². The van der Waals surface area contributed by atoms with Crippen LogP contribution < -0.4 is 0 Å². The average molecular weight is 344 g/mol. The van der Waals surface area contributed by atoms with E-state index in [-0.39, 0.29) is 12.5 Å². The Bertz CT molecular complexity index is 666. The Hall–Kier alpha value is -2.11. The molecule has 0 N–H and O–H groups in total. The van der Waals surface area contributed by atoms with Gasteiger partial charge in [-0.25, -0.2) is 0 Å². The van der Waals surface area contributed by atoms with Crippen molar-refractivity contribution in [3.05, 3.63) is 59.4 Å². The number of carbonyl (C=O) groups excluding carboxylic acids is 1. The number of nitrogens with zero attached hydrogens (tertiary/aromatic N) is 2. The lowest BCUT2D eigenvalue weighted by atomic mass is 10.1. The van der Waals surface area contributed by atoms with Crippen molar-refractivity contribution < 1.29 is 14.3 Å². The van der Waals surface area contributed by atoms with E-state index in [0.717, 1.165) is 6.54 Å². The van der Waals surface area contributed by atoms with Gasteiger partial charge in [0.15, 0.2) is 0 Å². The monoisotopic (exact) mass is 344 g/mol. The lowest BCUT2D eigenvalue weighted by Crippen LogP contribution is -2.34. The van der Waals surface area contributed by atoms with Crippen LogP contribution in [-0.2, 0) is 27.4 Å². The Morgan fingerprint density at radius 3 is 2.80 bits per heavy atom. The molecular formula is C20H28N2O3. The highest BCUT2D eigenvalue weighted by molar-refractivity contribution is 5.71. The van der Waals surface area contributed by atoms with Gasteiger partial charge in [0.2, 0.25) is 0 Å². The largest absolute Gasteiger partial charge is 0.465 e. The van der Waals surface area contributed by atoms with E-state index in [2.05, 4.69) is 52.9 Å². The van der Waals surface area contributed by atoms with Gasteiger partial charge in [0, 0.05) is 38.6 Å². The van der Waals surface area contributed by atoms with Crippen LogP contribution in [0.15, 0.2) is 42.6 Å². The maximum absolute atomic E-state index is 11.8. The fourth-order valence-electron chi connectivity index (χ4n) is 2.81. The van der Waals surface area contributed by atoms with Gasteiger partial charge < -0.3 is 14.0 Å². The Morgan fingerprint density at radius 2 is 2.08 bits per heavy atom. The number of esters is 1. The van der Waals surface area contributed by atoms with Gasteiger partial charge in [-0.1, -0.05) is 29.8 Å². The zero-order valence-corrected chi connectivity index (χ0v) is 15.4. The van der Waals surface area contributed by atoms with Crippen LogP contribution in [0, 0.1) is 6.92 Å². The Balaban J connectivity index is 2.05. The van der Waals surface area contributed by atoms with Crippen LogP contribution in [0.2, 0.25) is 0 Å². The van der Waals surface area contributed by atoms with E-state index in [1.807, 2.05) is 13.0 Å². The zero-order valence-electron chi connectivity index (χ0n) is 15.4. The van der Waals surface area contributed by atoms with Crippen molar-refractivity contribution in [3.63, 3.8) is 0 Å². The molecule has 0 aliphatic carbocycles. The maximum Gasteiger partial charge on any atom is 0.320 e. The molecule has 0 aliphatic heterocycles. The van der Waals surface area contributed by atoms with Crippen LogP contribution in [0.25, 0.3) is 0 Å². The second kappa shape index (κ2) is 10.0. The summed E-state index contributed by atoms with van der Waals surface area (Å²) in [4.78, 5) is 13.9. The van der Waals surface area contributed by atoms with Crippen LogP contribution in [0.5, 0.6) is 0 Å². The van der Waals surface area contributed by atoms with E-state index in [0.29, 0.717) is 26.3 Å². The average Bonchev–Trinajstić information content (AvgIpc) is 2.99.